The summed E-state index contributed by atoms with van der Waals surface area (Å²) < 4.78 is 11.7. The van der Waals surface area contributed by atoms with Crippen molar-refractivity contribution in [1.82, 2.24) is 0 Å². The summed E-state index contributed by atoms with van der Waals surface area (Å²) in [7, 11) is 1.64. The van der Waals surface area contributed by atoms with Gasteiger partial charge in [0.1, 0.15) is 18.1 Å². The van der Waals surface area contributed by atoms with Crippen molar-refractivity contribution in [1.29, 1.82) is 0 Å². The molecule has 0 unspecified atom stereocenters. The minimum atomic E-state index is 0.0324. The standard InChI is InChI=1S/C16H15BrO3/c1-11(18)13-6-7-16(15(17)9-13)20-10-12-4-3-5-14(8-12)19-2/h3-9H,10H2,1-2H3. The Kier molecular flexibility index (Phi) is 4.79. The van der Waals surface area contributed by atoms with Crippen LogP contribution in [0, 0.1) is 0 Å². The van der Waals surface area contributed by atoms with Crippen molar-refractivity contribution in [3.63, 3.8) is 0 Å². The third kappa shape index (κ3) is 3.61. The molecule has 0 saturated carbocycles. The smallest absolute Gasteiger partial charge is 0.159 e. The first kappa shape index (κ1) is 14.6. The summed E-state index contributed by atoms with van der Waals surface area (Å²) in [5.41, 5.74) is 1.68. The van der Waals surface area contributed by atoms with Crippen LogP contribution in [0.25, 0.3) is 0 Å². The third-order valence-corrected chi connectivity index (χ3v) is 3.49. The van der Waals surface area contributed by atoms with E-state index in [0.717, 1.165) is 15.8 Å². The fourth-order valence-corrected chi connectivity index (χ4v) is 2.25. The Bertz CT molecular complexity index is 623. The van der Waals surface area contributed by atoms with Crippen LogP contribution in [0.3, 0.4) is 0 Å². The van der Waals surface area contributed by atoms with Crippen molar-refractivity contribution in [3.8, 4) is 11.5 Å². The minimum Gasteiger partial charge on any atom is -0.497 e. The lowest BCUT2D eigenvalue weighted by molar-refractivity contribution is 0.101. The number of halogens is 1. The van der Waals surface area contributed by atoms with Gasteiger partial charge in [-0.3, -0.25) is 4.79 Å². The van der Waals surface area contributed by atoms with Gasteiger partial charge in [-0.25, -0.2) is 0 Å². The van der Waals surface area contributed by atoms with Crippen LogP contribution in [0.4, 0.5) is 0 Å². The van der Waals surface area contributed by atoms with E-state index < -0.39 is 0 Å². The molecule has 0 aliphatic heterocycles. The van der Waals surface area contributed by atoms with Crippen molar-refractivity contribution in [2.45, 2.75) is 13.5 Å². The quantitative estimate of drug-likeness (QED) is 0.767. The van der Waals surface area contributed by atoms with E-state index in [2.05, 4.69) is 15.9 Å². The fourth-order valence-electron chi connectivity index (χ4n) is 1.76. The Hall–Kier alpha value is -1.81. The molecule has 104 valence electrons. The second-order valence-corrected chi connectivity index (χ2v) is 5.20. The van der Waals surface area contributed by atoms with Crippen LogP contribution in [0.15, 0.2) is 46.9 Å². The molecule has 0 amide bonds. The van der Waals surface area contributed by atoms with E-state index >= 15 is 0 Å². The number of benzene rings is 2. The van der Waals surface area contributed by atoms with Crippen LogP contribution in [-0.2, 0) is 6.61 Å². The molecular formula is C16H15BrO3. The molecule has 0 aromatic heterocycles. The Morgan fingerprint density at radius 2 is 2.00 bits per heavy atom. The van der Waals surface area contributed by atoms with Gasteiger partial charge in [-0.05, 0) is 58.7 Å². The SMILES string of the molecule is COc1cccc(COc2ccc(C(C)=O)cc2Br)c1. The van der Waals surface area contributed by atoms with Gasteiger partial charge in [0.25, 0.3) is 0 Å². The number of methoxy groups -OCH3 is 1. The predicted octanol–water partition coefficient (Wildman–Crippen LogP) is 4.24. The highest BCUT2D eigenvalue weighted by Gasteiger charge is 2.06. The average Bonchev–Trinajstić information content (AvgIpc) is 2.46. The molecule has 0 spiro atoms. The van der Waals surface area contributed by atoms with Crippen LogP contribution < -0.4 is 9.47 Å². The van der Waals surface area contributed by atoms with Crippen LogP contribution in [0.2, 0.25) is 0 Å². The van der Waals surface area contributed by atoms with Gasteiger partial charge in [0, 0.05) is 5.56 Å². The Morgan fingerprint density at radius 1 is 1.20 bits per heavy atom. The maximum Gasteiger partial charge on any atom is 0.159 e. The highest BCUT2D eigenvalue weighted by Crippen LogP contribution is 2.27. The summed E-state index contributed by atoms with van der Waals surface area (Å²) in [6.07, 6.45) is 0. The van der Waals surface area contributed by atoms with E-state index in [1.54, 1.807) is 32.2 Å². The number of Topliss-reactive ketones (excluding diaryl/α,β-unsaturated/α-hetero) is 1. The highest BCUT2D eigenvalue weighted by molar-refractivity contribution is 9.10. The van der Waals surface area contributed by atoms with E-state index in [0.29, 0.717) is 17.9 Å². The summed E-state index contributed by atoms with van der Waals surface area (Å²) >= 11 is 3.42. The number of carbonyl (C=O) groups excluding carboxylic acids is 1. The minimum absolute atomic E-state index is 0.0324. The van der Waals surface area contributed by atoms with Gasteiger partial charge in [0.2, 0.25) is 0 Å². The predicted molar refractivity (Wildman–Crippen MR) is 81.5 cm³/mol. The second-order valence-electron chi connectivity index (χ2n) is 4.34. The molecule has 2 aromatic rings. The Morgan fingerprint density at radius 3 is 2.65 bits per heavy atom. The highest BCUT2D eigenvalue weighted by atomic mass is 79.9. The summed E-state index contributed by atoms with van der Waals surface area (Å²) in [6.45, 7) is 1.98. The van der Waals surface area contributed by atoms with Crippen molar-refractivity contribution >= 4 is 21.7 Å². The Balaban J connectivity index is 2.08. The lowest BCUT2D eigenvalue weighted by atomic mass is 10.1. The van der Waals surface area contributed by atoms with Crippen molar-refractivity contribution < 1.29 is 14.3 Å². The number of hydrogen-bond donors (Lipinski definition) is 0. The van der Waals surface area contributed by atoms with Crippen molar-refractivity contribution in [2.24, 2.45) is 0 Å². The number of carbonyl (C=O) groups is 1. The molecule has 0 atom stereocenters. The summed E-state index contributed by atoms with van der Waals surface area (Å²) in [4.78, 5) is 11.3. The topological polar surface area (TPSA) is 35.5 Å². The van der Waals surface area contributed by atoms with Gasteiger partial charge in [-0.1, -0.05) is 12.1 Å². The number of rotatable bonds is 5. The molecule has 0 bridgehead atoms. The molecule has 0 fully saturated rings. The van der Waals surface area contributed by atoms with E-state index in [1.165, 1.54) is 0 Å². The summed E-state index contributed by atoms with van der Waals surface area (Å²) in [6, 6.07) is 13.0. The molecule has 0 aliphatic carbocycles. The fraction of sp³-hybridized carbons (Fsp3) is 0.188. The second kappa shape index (κ2) is 6.57. The van der Waals surface area contributed by atoms with Gasteiger partial charge in [0.15, 0.2) is 5.78 Å². The first-order valence-corrected chi connectivity index (χ1v) is 6.95. The Labute approximate surface area is 126 Å². The van der Waals surface area contributed by atoms with Gasteiger partial charge in [-0.2, -0.15) is 0 Å². The first-order valence-electron chi connectivity index (χ1n) is 6.16. The molecule has 0 heterocycles. The molecular weight excluding hydrogens is 320 g/mol. The van der Waals surface area contributed by atoms with Crippen LogP contribution in [-0.4, -0.2) is 12.9 Å². The largest absolute Gasteiger partial charge is 0.497 e. The van der Waals surface area contributed by atoms with E-state index in [-0.39, 0.29) is 5.78 Å². The van der Waals surface area contributed by atoms with Gasteiger partial charge in [-0.15, -0.1) is 0 Å². The molecule has 0 radical (unpaired) electrons. The van der Waals surface area contributed by atoms with E-state index in [1.807, 2.05) is 24.3 Å². The lowest BCUT2D eigenvalue weighted by Crippen LogP contribution is -1.98. The summed E-state index contributed by atoms with van der Waals surface area (Å²) in [5.74, 6) is 1.54. The number of ether oxygens (including phenoxy) is 2. The zero-order chi connectivity index (χ0) is 14.5. The normalized spacial score (nSPS) is 10.2. The van der Waals surface area contributed by atoms with Crippen LogP contribution in [0.5, 0.6) is 11.5 Å². The van der Waals surface area contributed by atoms with Crippen molar-refractivity contribution in [2.75, 3.05) is 7.11 Å². The zero-order valence-corrected chi connectivity index (χ0v) is 12.9. The number of ketones is 1. The maximum absolute atomic E-state index is 11.3. The van der Waals surface area contributed by atoms with Crippen LogP contribution >= 0.6 is 15.9 Å². The molecule has 0 aliphatic rings. The van der Waals surface area contributed by atoms with E-state index in [9.17, 15) is 4.79 Å². The molecule has 3 nitrogen and oxygen atoms in total. The van der Waals surface area contributed by atoms with E-state index in [4.69, 9.17) is 9.47 Å². The zero-order valence-electron chi connectivity index (χ0n) is 11.4. The molecule has 4 heteroatoms. The molecule has 2 aromatic carbocycles. The van der Waals surface area contributed by atoms with Gasteiger partial charge < -0.3 is 9.47 Å². The molecule has 2 rings (SSSR count). The van der Waals surface area contributed by atoms with Gasteiger partial charge in [0.05, 0.1) is 11.6 Å². The third-order valence-electron chi connectivity index (χ3n) is 2.87. The lowest BCUT2D eigenvalue weighted by Gasteiger charge is -2.10. The number of hydrogen-bond acceptors (Lipinski definition) is 3. The summed E-state index contributed by atoms with van der Waals surface area (Å²) in [5, 5.41) is 0. The maximum atomic E-state index is 11.3. The van der Waals surface area contributed by atoms with Crippen LogP contribution in [0.1, 0.15) is 22.8 Å². The molecule has 0 saturated heterocycles. The average molecular weight is 335 g/mol. The monoisotopic (exact) mass is 334 g/mol. The van der Waals surface area contributed by atoms with Gasteiger partial charge >= 0.3 is 0 Å². The van der Waals surface area contributed by atoms with Crippen molar-refractivity contribution in [3.05, 3.63) is 58.1 Å². The first-order chi connectivity index (χ1) is 9.60. The molecule has 0 N–H and O–H groups in total. The molecule has 20 heavy (non-hydrogen) atoms.